The molecule has 1 N–H and O–H groups in total. The number of hydrogen-bond acceptors (Lipinski definition) is 3. The van der Waals surface area contributed by atoms with Crippen molar-refractivity contribution in [1.29, 1.82) is 0 Å². The van der Waals surface area contributed by atoms with Gasteiger partial charge in [0.15, 0.2) is 0 Å². The minimum Gasteiger partial charge on any atom is -0.350 e. The van der Waals surface area contributed by atoms with Crippen molar-refractivity contribution in [2.45, 2.75) is 20.3 Å². The van der Waals surface area contributed by atoms with Crippen LogP contribution in [0.4, 0.5) is 10.1 Å². The fourth-order valence-electron chi connectivity index (χ4n) is 3.75. The van der Waals surface area contributed by atoms with Crippen molar-refractivity contribution in [3.05, 3.63) is 107 Å². The van der Waals surface area contributed by atoms with Crippen LogP contribution in [0, 0.1) is 19.7 Å². The normalized spacial score (nSPS) is 13.8. The highest BCUT2D eigenvalue weighted by atomic mass is 19.1. The highest BCUT2D eigenvalue weighted by Gasteiger charge is 2.39. The molecule has 0 saturated carbocycles. The Hall–Kier alpha value is -3.73. The van der Waals surface area contributed by atoms with Crippen LogP contribution in [-0.4, -0.2) is 23.3 Å². The average Bonchev–Trinajstić information content (AvgIpc) is 2.99. The van der Waals surface area contributed by atoms with Gasteiger partial charge in [-0.15, -0.1) is 0 Å². The van der Waals surface area contributed by atoms with Crippen LogP contribution in [0.15, 0.2) is 78.5 Å². The third kappa shape index (κ3) is 4.26. The first kappa shape index (κ1) is 20.5. The first-order valence-electron chi connectivity index (χ1n) is 10.2. The van der Waals surface area contributed by atoms with Crippen LogP contribution >= 0.6 is 0 Å². The molecule has 2 amide bonds. The largest absolute Gasteiger partial charge is 0.350 e. The lowest BCUT2D eigenvalue weighted by molar-refractivity contribution is -0.136. The van der Waals surface area contributed by atoms with Gasteiger partial charge in [-0.1, -0.05) is 60.2 Å². The lowest BCUT2D eigenvalue weighted by Crippen LogP contribution is -2.34. The average molecular weight is 414 g/mol. The number of hydrogen-bond donors (Lipinski definition) is 1. The molecule has 0 saturated heterocycles. The van der Waals surface area contributed by atoms with Gasteiger partial charge in [0.25, 0.3) is 11.8 Å². The van der Waals surface area contributed by atoms with E-state index in [1.54, 1.807) is 0 Å². The summed E-state index contributed by atoms with van der Waals surface area (Å²) in [5.41, 5.74) is 4.86. The molecule has 0 bridgehead atoms. The van der Waals surface area contributed by atoms with E-state index < -0.39 is 5.82 Å². The van der Waals surface area contributed by atoms with Crippen molar-refractivity contribution in [2.24, 2.45) is 0 Å². The molecule has 31 heavy (non-hydrogen) atoms. The number of imide groups is 1. The van der Waals surface area contributed by atoms with Crippen LogP contribution < -0.4 is 5.32 Å². The number of anilines is 1. The number of rotatable bonds is 6. The second-order valence-corrected chi connectivity index (χ2v) is 7.70. The Labute approximate surface area is 181 Å². The Kier molecular flexibility index (Phi) is 5.67. The van der Waals surface area contributed by atoms with E-state index in [1.807, 2.05) is 62.4 Å². The van der Waals surface area contributed by atoms with Crippen LogP contribution in [0.5, 0.6) is 0 Å². The van der Waals surface area contributed by atoms with Crippen molar-refractivity contribution >= 4 is 23.1 Å². The van der Waals surface area contributed by atoms with Crippen LogP contribution in [0.25, 0.3) is 5.57 Å². The smallest absolute Gasteiger partial charge is 0.278 e. The van der Waals surface area contributed by atoms with Gasteiger partial charge in [-0.05, 0) is 55.2 Å². The van der Waals surface area contributed by atoms with Crippen LogP contribution in [0.2, 0.25) is 0 Å². The summed E-state index contributed by atoms with van der Waals surface area (Å²) in [6, 6.07) is 21.2. The third-order valence-electron chi connectivity index (χ3n) is 5.41. The van der Waals surface area contributed by atoms with Gasteiger partial charge in [0, 0.05) is 12.2 Å². The second kappa shape index (κ2) is 8.56. The summed E-state index contributed by atoms with van der Waals surface area (Å²) in [6.07, 6.45) is 0.561. The van der Waals surface area contributed by atoms with E-state index in [1.165, 1.54) is 29.2 Å². The van der Waals surface area contributed by atoms with Crippen molar-refractivity contribution in [3.8, 4) is 0 Å². The van der Waals surface area contributed by atoms with E-state index in [9.17, 15) is 14.0 Å². The molecule has 0 aromatic heterocycles. The summed E-state index contributed by atoms with van der Waals surface area (Å²) in [6.45, 7) is 4.21. The zero-order valence-corrected chi connectivity index (χ0v) is 17.5. The third-order valence-corrected chi connectivity index (χ3v) is 5.41. The Morgan fingerprint density at radius 3 is 2.26 bits per heavy atom. The predicted molar refractivity (Wildman–Crippen MR) is 120 cm³/mol. The molecule has 4 rings (SSSR count). The van der Waals surface area contributed by atoms with Gasteiger partial charge in [-0.2, -0.15) is 0 Å². The molecule has 1 heterocycles. The van der Waals surface area contributed by atoms with E-state index in [0.717, 1.165) is 22.4 Å². The molecule has 1 aliphatic heterocycles. The topological polar surface area (TPSA) is 49.4 Å². The van der Waals surface area contributed by atoms with E-state index >= 15 is 0 Å². The van der Waals surface area contributed by atoms with E-state index in [-0.39, 0.29) is 29.6 Å². The summed E-state index contributed by atoms with van der Waals surface area (Å²) >= 11 is 0. The maximum absolute atomic E-state index is 13.5. The first-order chi connectivity index (χ1) is 14.9. The van der Waals surface area contributed by atoms with Gasteiger partial charge in [0.2, 0.25) is 0 Å². The zero-order valence-electron chi connectivity index (χ0n) is 17.5. The van der Waals surface area contributed by atoms with Crippen LogP contribution in [0.1, 0.15) is 22.3 Å². The van der Waals surface area contributed by atoms with Crippen molar-refractivity contribution in [2.75, 3.05) is 11.9 Å². The quantitative estimate of drug-likeness (QED) is 0.585. The molecule has 0 radical (unpaired) electrons. The Morgan fingerprint density at radius 2 is 1.58 bits per heavy atom. The number of carbonyl (C=O) groups excluding carboxylic acids is 2. The van der Waals surface area contributed by atoms with Crippen molar-refractivity contribution in [1.82, 2.24) is 4.90 Å². The molecule has 0 aliphatic carbocycles. The van der Waals surface area contributed by atoms with Gasteiger partial charge in [0.05, 0.1) is 5.57 Å². The number of carbonyl (C=O) groups is 2. The molecule has 3 aromatic rings. The standard InChI is InChI=1S/C26H23FN2O2/c1-17-8-13-22(18(2)16-17)28-24-23(20-9-11-21(27)12-10-20)25(30)29(26(24)31)15-14-19-6-4-3-5-7-19/h3-13,16,28H,14-15H2,1-2H3. The number of nitrogens with one attached hydrogen (secondary N) is 1. The highest BCUT2D eigenvalue weighted by molar-refractivity contribution is 6.36. The SMILES string of the molecule is Cc1ccc(NC2=C(c3ccc(F)cc3)C(=O)N(CCc3ccccc3)C2=O)c(C)c1. The molecule has 0 unspecified atom stereocenters. The number of aryl methyl sites for hydroxylation is 2. The Morgan fingerprint density at radius 1 is 0.871 bits per heavy atom. The maximum Gasteiger partial charge on any atom is 0.278 e. The van der Waals surface area contributed by atoms with E-state index in [0.29, 0.717) is 12.0 Å². The summed E-state index contributed by atoms with van der Waals surface area (Å²) in [4.78, 5) is 27.8. The molecule has 0 fully saturated rings. The molecule has 0 spiro atoms. The summed E-state index contributed by atoms with van der Waals surface area (Å²) in [7, 11) is 0. The van der Waals surface area contributed by atoms with Gasteiger partial charge in [-0.3, -0.25) is 14.5 Å². The lowest BCUT2D eigenvalue weighted by atomic mass is 10.0. The number of nitrogens with zero attached hydrogens (tertiary/aromatic N) is 1. The fraction of sp³-hybridized carbons (Fsp3) is 0.154. The number of halogens is 1. The number of amides is 2. The van der Waals surface area contributed by atoms with Gasteiger partial charge in [-0.25, -0.2) is 4.39 Å². The monoisotopic (exact) mass is 414 g/mol. The molecule has 1 aliphatic rings. The highest BCUT2D eigenvalue weighted by Crippen LogP contribution is 2.31. The minimum absolute atomic E-state index is 0.219. The summed E-state index contributed by atoms with van der Waals surface area (Å²) in [5.74, 6) is -1.15. The van der Waals surface area contributed by atoms with Crippen LogP contribution in [0.3, 0.4) is 0 Å². The van der Waals surface area contributed by atoms with Crippen LogP contribution in [-0.2, 0) is 16.0 Å². The van der Waals surface area contributed by atoms with Gasteiger partial charge >= 0.3 is 0 Å². The minimum atomic E-state index is -0.397. The van der Waals surface area contributed by atoms with E-state index in [2.05, 4.69) is 5.32 Å². The molecular formula is C26H23FN2O2. The van der Waals surface area contributed by atoms with Crippen molar-refractivity contribution in [3.63, 3.8) is 0 Å². The predicted octanol–water partition coefficient (Wildman–Crippen LogP) is 4.88. The number of benzene rings is 3. The lowest BCUT2D eigenvalue weighted by Gasteiger charge is -2.16. The zero-order chi connectivity index (χ0) is 22.0. The first-order valence-corrected chi connectivity index (χ1v) is 10.2. The molecule has 5 heteroatoms. The molecule has 4 nitrogen and oxygen atoms in total. The fourth-order valence-corrected chi connectivity index (χ4v) is 3.75. The molecule has 156 valence electrons. The van der Waals surface area contributed by atoms with Crippen molar-refractivity contribution < 1.29 is 14.0 Å². The van der Waals surface area contributed by atoms with Gasteiger partial charge in [0.1, 0.15) is 11.5 Å². The molecular weight excluding hydrogens is 391 g/mol. The summed E-state index contributed by atoms with van der Waals surface area (Å²) < 4.78 is 13.5. The molecule has 3 aromatic carbocycles. The Bertz CT molecular complexity index is 1170. The Balaban J connectivity index is 1.69. The molecule has 0 atom stereocenters. The van der Waals surface area contributed by atoms with E-state index in [4.69, 9.17) is 0 Å². The maximum atomic E-state index is 13.5. The van der Waals surface area contributed by atoms with Gasteiger partial charge < -0.3 is 5.32 Å². The second-order valence-electron chi connectivity index (χ2n) is 7.70. The summed E-state index contributed by atoms with van der Waals surface area (Å²) in [5, 5.41) is 3.18.